The third kappa shape index (κ3) is 4.68. The molecule has 0 bridgehead atoms. The number of benzene rings is 2. The fraction of sp³-hybridized carbons (Fsp3) is 0.280. The van der Waals surface area contributed by atoms with Crippen molar-refractivity contribution in [2.45, 2.75) is 39.5 Å². The van der Waals surface area contributed by atoms with Crippen molar-refractivity contribution < 1.29 is 27.0 Å². The van der Waals surface area contributed by atoms with Crippen molar-refractivity contribution in [1.82, 2.24) is 0 Å². The van der Waals surface area contributed by atoms with Gasteiger partial charge in [0, 0.05) is 17.5 Å². The fourth-order valence-electron chi connectivity index (χ4n) is 3.32. The minimum absolute atomic E-state index is 0.157. The summed E-state index contributed by atoms with van der Waals surface area (Å²) in [5.41, 5.74) is 1.84. The van der Waals surface area contributed by atoms with Gasteiger partial charge in [-0.25, -0.2) is 8.78 Å². The van der Waals surface area contributed by atoms with E-state index in [1.54, 1.807) is 19.1 Å². The molecule has 0 N–H and O–H groups in total. The number of hydrogen-bond donors (Lipinski definition) is 0. The van der Waals surface area contributed by atoms with Gasteiger partial charge in [-0.3, -0.25) is 0 Å². The lowest BCUT2D eigenvalue weighted by Gasteiger charge is -2.23. The Morgan fingerprint density at radius 1 is 1.06 bits per heavy atom. The largest absolute Gasteiger partial charge is 0.486 e. The standard InChI is InChI=1S/C25H24F4O2/c1-5-7-16-11-18-12-17-8-9-20(30-13-14(3)10-19(26)15(4)6-2)22(28)24(17)31-25(18)23(29)21(16)27/h8-11H,3-7,12-13H2,1-2H3/b19-10+. The molecule has 0 unspecified atom stereocenters. The molecule has 2 aromatic rings. The Kier molecular flexibility index (Phi) is 6.88. The number of aryl methyl sites for hydroxylation is 1. The van der Waals surface area contributed by atoms with Crippen molar-refractivity contribution in [1.29, 1.82) is 0 Å². The lowest BCUT2D eigenvalue weighted by atomic mass is 9.96. The van der Waals surface area contributed by atoms with Crippen LogP contribution in [0, 0.1) is 17.5 Å². The first-order valence-corrected chi connectivity index (χ1v) is 10.1. The lowest BCUT2D eigenvalue weighted by molar-refractivity contribution is 0.320. The summed E-state index contributed by atoms with van der Waals surface area (Å²) in [4.78, 5) is 0. The number of fused-ring (bicyclic) bond motifs is 2. The van der Waals surface area contributed by atoms with E-state index in [0.717, 1.165) is 0 Å². The second-order valence-electron chi connectivity index (χ2n) is 7.44. The molecule has 2 nitrogen and oxygen atoms in total. The third-order valence-electron chi connectivity index (χ3n) is 5.07. The molecule has 3 rings (SSSR count). The molecule has 2 aromatic carbocycles. The van der Waals surface area contributed by atoms with Crippen molar-refractivity contribution in [3.8, 4) is 17.2 Å². The summed E-state index contributed by atoms with van der Waals surface area (Å²) in [7, 11) is 0. The first-order chi connectivity index (χ1) is 14.8. The van der Waals surface area contributed by atoms with Gasteiger partial charge in [-0.1, -0.05) is 39.5 Å². The summed E-state index contributed by atoms with van der Waals surface area (Å²) in [6.07, 6.45) is 2.90. The minimum Gasteiger partial charge on any atom is -0.486 e. The van der Waals surface area contributed by atoms with Crippen molar-refractivity contribution in [2.75, 3.05) is 6.61 Å². The first-order valence-electron chi connectivity index (χ1n) is 10.1. The molecule has 0 radical (unpaired) electrons. The van der Waals surface area contributed by atoms with Gasteiger partial charge in [0.15, 0.2) is 23.1 Å². The van der Waals surface area contributed by atoms with E-state index in [9.17, 15) is 17.6 Å². The lowest BCUT2D eigenvalue weighted by Crippen LogP contribution is -2.11. The van der Waals surface area contributed by atoms with Crippen LogP contribution in [0.25, 0.3) is 0 Å². The van der Waals surface area contributed by atoms with Crippen LogP contribution in [0.2, 0.25) is 0 Å². The Morgan fingerprint density at radius 2 is 1.77 bits per heavy atom. The molecule has 0 saturated heterocycles. The second-order valence-corrected chi connectivity index (χ2v) is 7.44. The normalized spacial score (nSPS) is 12.6. The molecule has 0 aromatic heterocycles. The van der Waals surface area contributed by atoms with Crippen LogP contribution < -0.4 is 9.47 Å². The quantitative estimate of drug-likeness (QED) is 0.271. The van der Waals surface area contributed by atoms with Crippen molar-refractivity contribution in [3.63, 3.8) is 0 Å². The van der Waals surface area contributed by atoms with Crippen LogP contribution in [0.1, 0.15) is 43.4 Å². The Morgan fingerprint density at radius 3 is 2.45 bits per heavy atom. The maximum absolute atomic E-state index is 15.0. The molecule has 0 saturated carbocycles. The molecular weight excluding hydrogens is 408 g/mol. The maximum atomic E-state index is 15.0. The molecule has 164 valence electrons. The summed E-state index contributed by atoms with van der Waals surface area (Å²) in [6.45, 7) is 10.8. The summed E-state index contributed by atoms with van der Waals surface area (Å²) in [5.74, 6) is -4.13. The molecule has 1 aliphatic heterocycles. The highest BCUT2D eigenvalue weighted by Gasteiger charge is 2.28. The molecule has 6 heteroatoms. The van der Waals surface area contributed by atoms with E-state index in [1.807, 2.05) is 6.92 Å². The molecule has 0 atom stereocenters. The van der Waals surface area contributed by atoms with Crippen LogP contribution in [0.4, 0.5) is 17.6 Å². The van der Waals surface area contributed by atoms with Gasteiger partial charge >= 0.3 is 0 Å². The topological polar surface area (TPSA) is 18.5 Å². The van der Waals surface area contributed by atoms with E-state index in [1.165, 1.54) is 12.1 Å². The molecule has 31 heavy (non-hydrogen) atoms. The van der Waals surface area contributed by atoms with Crippen molar-refractivity contribution in [2.24, 2.45) is 0 Å². The number of ether oxygens (including phenoxy) is 2. The van der Waals surface area contributed by atoms with Gasteiger partial charge < -0.3 is 9.47 Å². The average Bonchev–Trinajstić information content (AvgIpc) is 2.75. The van der Waals surface area contributed by atoms with E-state index in [-0.39, 0.29) is 41.4 Å². The maximum Gasteiger partial charge on any atom is 0.207 e. The highest BCUT2D eigenvalue weighted by atomic mass is 19.2. The number of hydrogen-bond acceptors (Lipinski definition) is 2. The SMILES string of the molecule is C=C(/C=C(/F)C(=C)CC)COc1ccc2c(c1F)Oc1c(cc(CCC)c(F)c1F)C2. The van der Waals surface area contributed by atoms with Crippen LogP contribution in [-0.2, 0) is 12.8 Å². The predicted octanol–water partition coefficient (Wildman–Crippen LogP) is 7.51. The summed E-state index contributed by atoms with van der Waals surface area (Å²) < 4.78 is 68.5. The van der Waals surface area contributed by atoms with Crippen LogP contribution in [0.15, 0.2) is 54.4 Å². The number of rotatable bonds is 8. The van der Waals surface area contributed by atoms with E-state index in [4.69, 9.17) is 9.47 Å². The van der Waals surface area contributed by atoms with E-state index in [2.05, 4.69) is 13.2 Å². The Labute approximate surface area is 179 Å². The fourth-order valence-corrected chi connectivity index (χ4v) is 3.32. The molecule has 1 heterocycles. The van der Waals surface area contributed by atoms with Crippen LogP contribution >= 0.6 is 0 Å². The van der Waals surface area contributed by atoms with E-state index >= 15 is 0 Å². The van der Waals surface area contributed by atoms with Gasteiger partial charge in [0.1, 0.15) is 12.4 Å². The average molecular weight is 432 g/mol. The highest BCUT2D eigenvalue weighted by molar-refractivity contribution is 5.54. The van der Waals surface area contributed by atoms with Gasteiger partial charge in [-0.05, 0) is 47.8 Å². The van der Waals surface area contributed by atoms with E-state index < -0.39 is 23.3 Å². The first kappa shape index (κ1) is 22.7. The van der Waals surface area contributed by atoms with E-state index in [0.29, 0.717) is 36.0 Å². The molecule has 0 spiro atoms. The van der Waals surface area contributed by atoms with Crippen LogP contribution in [0.5, 0.6) is 17.2 Å². The van der Waals surface area contributed by atoms with Gasteiger partial charge in [0.05, 0.1) is 0 Å². The molecule has 0 fully saturated rings. The highest BCUT2D eigenvalue weighted by Crippen LogP contribution is 2.43. The van der Waals surface area contributed by atoms with Gasteiger partial charge in [-0.2, -0.15) is 8.78 Å². The number of halogens is 4. The zero-order chi connectivity index (χ0) is 22.7. The molecule has 0 amide bonds. The summed E-state index contributed by atoms with van der Waals surface area (Å²) in [6, 6.07) is 4.60. The van der Waals surface area contributed by atoms with Gasteiger partial charge in [0.25, 0.3) is 0 Å². The van der Waals surface area contributed by atoms with Crippen LogP contribution in [0.3, 0.4) is 0 Å². The second kappa shape index (κ2) is 9.41. The van der Waals surface area contributed by atoms with Gasteiger partial charge in [-0.15, -0.1) is 0 Å². The third-order valence-corrected chi connectivity index (χ3v) is 5.07. The zero-order valence-corrected chi connectivity index (χ0v) is 17.6. The Balaban J connectivity index is 1.82. The molecule has 0 aliphatic carbocycles. The summed E-state index contributed by atoms with van der Waals surface area (Å²) in [5, 5.41) is 0. The Hall–Kier alpha value is -3.02. The minimum atomic E-state index is -1.12. The molecular formula is C25H24F4O2. The monoisotopic (exact) mass is 432 g/mol. The molecule has 1 aliphatic rings. The van der Waals surface area contributed by atoms with Gasteiger partial charge in [0.2, 0.25) is 11.6 Å². The Bertz CT molecular complexity index is 1070. The smallest absolute Gasteiger partial charge is 0.207 e. The number of allylic oxidation sites excluding steroid dienone is 2. The van der Waals surface area contributed by atoms with Crippen LogP contribution in [-0.4, -0.2) is 6.61 Å². The zero-order valence-electron chi connectivity index (χ0n) is 17.6. The predicted molar refractivity (Wildman–Crippen MR) is 113 cm³/mol. The summed E-state index contributed by atoms with van der Waals surface area (Å²) >= 11 is 0. The van der Waals surface area contributed by atoms with Crippen molar-refractivity contribution >= 4 is 0 Å². The van der Waals surface area contributed by atoms with Crippen molar-refractivity contribution in [3.05, 3.63) is 88.5 Å².